The molecule has 0 amide bonds. The highest BCUT2D eigenvalue weighted by Crippen LogP contribution is 2.34. The molecule has 4 rings (SSSR count). The molecule has 1 heterocycles. The van der Waals surface area contributed by atoms with E-state index in [1.165, 1.54) is 24.8 Å². The molecule has 0 saturated carbocycles. The summed E-state index contributed by atoms with van der Waals surface area (Å²) in [5, 5.41) is 11.1. The highest BCUT2D eigenvalue weighted by atomic mass is 16.6. The van der Waals surface area contributed by atoms with E-state index in [4.69, 9.17) is 14.2 Å². The predicted molar refractivity (Wildman–Crippen MR) is 132 cm³/mol. The lowest BCUT2D eigenvalue weighted by molar-refractivity contribution is -0.384. The fourth-order valence-electron chi connectivity index (χ4n) is 3.57. The predicted octanol–water partition coefficient (Wildman–Crippen LogP) is 5.65. The molecule has 35 heavy (non-hydrogen) atoms. The van der Waals surface area contributed by atoms with E-state index in [0.717, 1.165) is 0 Å². The second-order valence-corrected chi connectivity index (χ2v) is 8.21. The average Bonchev–Trinajstić information content (AvgIpc) is 3.23. The number of hydrogen-bond acceptors (Lipinski definition) is 7. The van der Waals surface area contributed by atoms with E-state index in [9.17, 15) is 14.9 Å². The zero-order valence-electron chi connectivity index (χ0n) is 19.6. The van der Waals surface area contributed by atoms with Gasteiger partial charge in [-0.25, -0.2) is 9.79 Å². The number of carbonyl (C=O) groups excluding carboxylic acids is 1. The van der Waals surface area contributed by atoms with Crippen molar-refractivity contribution in [3.8, 4) is 11.5 Å². The van der Waals surface area contributed by atoms with E-state index >= 15 is 0 Å². The third-order valence-corrected chi connectivity index (χ3v) is 5.47. The minimum Gasteiger partial charge on any atom is -0.493 e. The van der Waals surface area contributed by atoms with Crippen LogP contribution in [0.1, 0.15) is 42.0 Å². The zero-order valence-corrected chi connectivity index (χ0v) is 19.6. The molecule has 1 aliphatic rings. The molecule has 3 aromatic rings. The monoisotopic (exact) mass is 472 g/mol. The number of ether oxygens (including phenoxy) is 3. The Bertz CT molecular complexity index is 1330. The van der Waals surface area contributed by atoms with Crippen LogP contribution in [0.15, 0.2) is 77.4 Å². The van der Waals surface area contributed by atoms with Gasteiger partial charge in [0.15, 0.2) is 17.2 Å². The molecule has 1 aliphatic heterocycles. The standard InChI is InChI=1S/C27H24N2O6/c1-17(2)19-10-12-20(13-11-19)26-28-23(27(30)35-26)15-21-7-5-9-24(33-3)25(21)34-16-18-6-4-8-22(14-18)29(31)32/h4-15,17H,16H2,1-3H3/b23-15-. The summed E-state index contributed by atoms with van der Waals surface area (Å²) in [7, 11) is 1.51. The van der Waals surface area contributed by atoms with Gasteiger partial charge in [-0.1, -0.05) is 50.2 Å². The molecule has 3 aromatic carbocycles. The molecule has 8 nitrogen and oxygen atoms in total. The summed E-state index contributed by atoms with van der Waals surface area (Å²) in [6.07, 6.45) is 1.57. The first-order valence-electron chi connectivity index (χ1n) is 11.0. The van der Waals surface area contributed by atoms with Gasteiger partial charge in [0.05, 0.1) is 12.0 Å². The summed E-state index contributed by atoms with van der Waals surface area (Å²) in [6, 6.07) is 19.2. The van der Waals surface area contributed by atoms with Crippen LogP contribution in [0.3, 0.4) is 0 Å². The van der Waals surface area contributed by atoms with Gasteiger partial charge in [-0.3, -0.25) is 10.1 Å². The lowest BCUT2D eigenvalue weighted by atomic mass is 10.0. The Morgan fingerprint density at radius 1 is 1.09 bits per heavy atom. The van der Waals surface area contributed by atoms with Gasteiger partial charge in [-0.2, -0.15) is 0 Å². The van der Waals surface area contributed by atoms with Crippen molar-refractivity contribution >= 4 is 23.6 Å². The first-order chi connectivity index (χ1) is 16.9. The molecule has 178 valence electrons. The molecule has 0 bridgehead atoms. The van der Waals surface area contributed by atoms with Crippen molar-refractivity contribution in [3.05, 3.63) is 105 Å². The summed E-state index contributed by atoms with van der Waals surface area (Å²) in [5.74, 6) is 0.886. The van der Waals surface area contributed by atoms with Gasteiger partial charge in [-0.15, -0.1) is 0 Å². The average molecular weight is 472 g/mol. The molecule has 0 atom stereocenters. The maximum absolute atomic E-state index is 12.5. The van der Waals surface area contributed by atoms with E-state index in [1.54, 1.807) is 36.4 Å². The van der Waals surface area contributed by atoms with Gasteiger partial charge in [0.2, 0.25) is 5.90 Å². The summed E-state index contributed by atoms with van der Waals surface area (Å²) in [5.41, 5.74) is 3.16. The molecule has 8 heteroatoms. The van der Waals surface area contributed by atoms with Crippen molar-refractivity contribution < 1.29 is 23.9 Å². The Hall–Kier alpha value is -4.46. The van der Waals surface area contributed by atoms with Crippen LogP contribution in [0.2, 0.25) is 0 Å². The molecule has 0 spiro atoms. The number of nitro groups is 1. The fourth-order valence-corrected chi connectivity index (χ4v) is 3.57. The number of carbonyl (C=O) groups is 1. The van der Waals surface area contributed by atoms with Crippen LogP contribution in [0.25, 0.3) is 6.08 Å². The van der Waals surface area contributed by atoms with E-state index in [2.05, 4.69) is 18.8 Å². The Morgan fingerprint density at radius 2 is 1.83 bits per heavy atom. The van der Waals surface area contributed by atoms with Crippen LogP contribution >= 0.6 is 0 Å². The smallest absolute Gasteiger partial charge is 0.363 e. The zero-order chi connectivity index (χ0) is 24.9. The fraction of sp³-hybridized carbons (Fsp3) is 0.185. The van der Waals surface area contributed by atoms with E-state index in [1.807, 2.05) is 24.3 Å². The van der Waals surface area contributed by atoms with Crippen molar-refractivity contribution in [2.24, 2.45) is 4.99 Å². The maximum atomic E-state index is 12.5. The Morgan fingerprint density at radius 3 is 2.51 bits per heavy atom. The molecule has 0 N–H and O–H groups in total. The van der Waals surface area contributed by atoms with Gasteiger partial charge in [-0.05, 0) is 41.3 Å². The number of benzene rings is 3. The molecule has 0 unspecified atom stereocenters. The number of esters is 1. The molecule has 0 saturated heterocycles. The Labute approximate surface area is 202 Å². The lowest BCUT2D eigenvalue weighted by Gasteiger charge is -2.13. The summed E-state index contributed by atoms with van der Waals surface area (Å²) >= 11 is 0. The van der Waals surface area contributed by atoms with Crippen LogP contribution in [-0.4, -0.2) is 23.9 Å². The van der Waals surface area contributed by atoms with Crippen molar-refractivity contribution in [2.75, 3.05) is 7.11 Å². The van der Waals surface area contributed by atoms with Crippen LogP contribution < -0.4 is 9.47 Å². The number of nitrogens with zero attached hydrogens (tertiary/aromatic N) is 2. The number of rotatable bonds is 8. The third kappa shape index (κ3) is 5.38. The summed E-state index contributed by atoms with van der Waals surface area (Å²) < 4.78 is 16.8. The third-order valence-electron chi connectivity index (χ3n) is 5.47. The SMILES string of the molecule is COc1cccc(/C=C2\N=C(c3ccc(C(C)C)cc3)OC2=O)c1OCc1cccc([N+](=O)[O-])c1. The number of aliphatic imine (C=N–C) groups is 1. The van der Waals surface area contributed by atoms with Crippen molar-refractivity contribution in [2.45, 2.75) is 26.4 Å². The van der Waals surface area contributed by atoms with Crippen LogP contribution in [0.4, 0.5) is 5.69 Å². The minimum absolute atomic E-state index is 0.0227. The van der Waals surface area contributed by atoms with E-state index in [-0.39, 0.29) is 23.9 Å². The second-order valence-electron chi connectivity index (χ2n) is 8.21. The molecule has 0 aliphatic carbocycles. The second kappa shape index (κ2) is 10.2. The molecular formula is C27H24N2O6. The van der Waals surface area contributed by atoms with Crippen molar-refractivity contribution in [1.82, 2.24) is 0 Å². The largest absolute Gasteiger partial charge is 0.493 e. The number of methoxy groups -OCH3 is 1. The lowest BCUT2D eigenvalue weighted by Crippen LogP contribution is -2.05. The van der Waals surface area contributed by atoms with Crippen LogP contribution in [0, 0.1) is 10.1 Å². The first-order valence-corrected chi connectivity index (χ1v) is 11.0. The molecule has 0 aromatic heterocycles. The summed E-state index contributed by atoms with van der Waals surface area (Å²) in [6.45, 7) is 4.28. The minimum atomic E-state index is -0.569. The first kappa shape index (κ1) is 23.7. The number of nitro benzene ring substituents is 1. The Balaban J connectivity index is 1.62. The van der Waals surface area contributed by atoms with Crippen molar-refractivity contribution in [3.63, 3.8) is 0 Å². The van der Waals surface area contributed by atoms with Crippen LogP contribution in [-0.2, 0) is 16.1 Å². The van der Waals surface area contributed by atoms with Gasteiger partial charge >= 0.3 is 5.97 Å². The molecule has 0 radical (unpaired) electrons. The van der Waals surface area contributed by atoms with Gasteiger partial charge in [0, 0.05) is 23.3 Å². The highest BCUT2D eigenvalue weighted by molar-refractivity contribution is 6.13. The van der Waals surface area contributed by atoms with Gasteiger partial charge in [0.1, 0.15) is 6.61 Å². The maximum Gasteiger partial charge on any atom is 0.363 e. The van der Waals surface area contributed by atoms with Gasteiger partial charge in [0.25, 0.3) is 5.69 Å². The van der Waals surface area contributed by atoms with Crippen molar-refractivity contribution in [1.29, 1.82) is 0 Å². The van der Waals surface area contributed by atoms with Crippen LogP contribution in [0.5, 0.6) is 11.5 Å². The van der Waals surface area contributed by atoms with E-state index in [0.29, 0.717) is 34.1 Å². The number of non-ortho nitro benzene ring substituents is 1. The Kier molecular flexibility index (Phi) is 6.91. The molecular weight excluding hydrogens is 448 g/mol. The number of hydrogen-bond donors (Lipinski definition) is 0. The quantitative estimate of drug-likeness (QED) is 0.182. The molecule has 0 fully saturated rings. The number of para-hydroxylation sites is 1. The summed E-state index contributed by atoms with van der Waals surface area (Å²) in [4.78, 5) is 27.5. The highest BCUT2D eigenvalue weighted by Gasteiger charge is 2.25. The number of cyclic esters (lactones) is 1. The normalized spacial score (nSPS) is 14.1. The van der Waals surface area contributed by atoms with Gasteiger partial charge < -0.3 is 14.2 Å². The van der Waals surface area contributed by atoms with E-state index < -0.39 is 10.9 Å². The topological polar surface area (TPSA) is 100 Å².